The minimum absolute atomic E-state index is 0.0641. The lowest BCUT2D eigenvalue weighted by Crippen LogP contribution is -2.44. The number of amides is 2. The second kappa shape index (κ2) is 8.96. The van der Waals surface area contributed by atoms with Crippen molar-refractivity contribution in [3.8, 4) is 11.5 Å². The lowest BCUT2D eigenvalue weighted by molar-refractivity contribution is -0.120. The van der Waals surface area contributed by atoms with E-state index in [1.54, 1.807) is 19.1 Å². The fourth-order valence-electron chi connectivity index (χ4n) is 3.70. The molecule has 29 heavy (non-hydrogen) atoms. The average Bonchev–Trinajstić information content (AvgIpc) is 2.81. The smallest absolute Gasteiger partial charge is 0.241 e. The molecule has 7 nitrogen and oxygen atoms in total. The topological polar surface area (TPSA) is 71.1 Å². The molecule has 2 amide bonds. The molecule has 1 N–H and O–H groups in total. The SMILES string of the molecule is COc1cccc(CN(C)CC(=O)N2c3ccccc3NC(=O)C[C@@H]2C)c1OC. The Morgan fingerprint density at radius 1 is 1.17 bits per heavy atom. The molecule has 1 atom stereocenters. The summed E-state index contributed by atoms with van der Waals surface area (Å²) in [6.45, 7) is 2.62. The summed E-state index contributed by atoms with van der Waals surface area (Å²) in [5, 5.41) is 2.88. The van der Waals surface area contributed by atoms with E-state index in [0.29, 0.717) is 23.7 Å². The Bertz CT molecular complexity index is 899. The molecule has 0 spiro atoms. The zero-order valence-corrected chi connectivity index (χ0v) is 17.3. The van der Waals surface area contributed by atoms with Crippen molar-refractivity contribution >= 4 is 23.2 Å². The van der Waals surface area contributed by atoms with Gasteiger partial charge >= 0.3 is 0 Å². The number of hydrogen-bond acceptors (Lipinski definition) is 5. The minimum atomic E-state index is -0.231. The summed E-state index contributed by atoms with van der Waals surface area (Å²) >= 11 is 0. The molecule has 0 saturated heterocycles. The zero-order chi connectivity index (χ0) is 21.0. The maximum absolute atomic E-state index is 13.2. The average molecular weight is 397 g/mol. The highest BCUT2D eigenvalue weighted by Crippen LogP contribution is 2.33. The number of para-hydroxylation sites is 3. The molecule has 0 saturated carbocycles. The van der Waals surface area contributed by atoms with Gasteiger partial charge in [-0.1, -0.05) is 24.3 Å². The number of ether oxygens (including phenoxy) is 2. The summed E-state index contributed by atoms with van der Waals surface area (Å²) in [4.78, 5) is 29.0. The van der Waals surface area contributed by atoms with Crippen molar-refractivity contribution in [1.82, 2.24) is 4.90 Å². The van der Waals surface area contributed by atoms with Crippen LogP contribution in [0, 0.1) is 0 Å². The van der Waals surface area contributed by atoms with Gasteiger partial charge in [-0.2, -0.15) is 0 Å². The van der Waals surface area contributed by atoms with Crippen LogP contribution in [0.3, 0.4) is 0 Å². The van der Waals surface area contributed by atoms with Crippen molar-refractivity contribution in [2.75, 3.05) is 38.0 Å². The summed E-state index contributed by atoms with van der Waals surface area (Å²) in [6, 6.07) is 12.9. The highest BCUT2D eigenvalue weighted by molar-refractivity contribution is 6.04. The Hall–Kier alpha value is -3.06. The molecule has 3 rings (SSSR count). The first-order valence-electron chi connectivity index (χ1n) is 9.54. The standard InChI is InChI=1S/C22H27N3O4/c1-15-12-20(26)23-17-9-5-6-10-18(17)25(15)21(27)14-24(2)13-16-8-7-11-19(28-3)22(16)29-4/h5-11,15H,12-14H2,1-4H3,(H,23,26)/t15-/m0/s1. The van der Waals surface area contributed by atoms with Crippen molar-refractivity contribution < 1.29 is 19.1 Å². The maximum Gasteiger partial charge on any atom is 0.241 e. The number of carbonyl (C=O) groups is 2. The first kappa shape index (κ1) is 20.7. The summed E-state index contributed by atoms with van der Waals surface area (Å²) in [6.07, 6.45) is 0.258. The van der Waals surface area contributed by atoms with Crippen molar-refractivity contribution in [2.24, 2.45) is 0 Å². The largest absolute Gasteiger partial charge is 0.493 e. The van der Waals surface area contributed by atoms with Crippen molar-refractivity contribution in [1.29, 1.82) is 0 Å². The number of nitrogens with one attached hydrogen (secondary N) is 1. The van der Waals surface area contributed by atoms with Gasteiger partial charge in [0.15, 0.2) is 11.5 Å². The molecule has 154 valence electrons. The normalized spacial score (nSPS) is 16.1. The van der Waals surface area contributed by atoms with Gasteiger partial charge in [0.2, 0.25) is 11.8 Å². The van der Waals surface area contributed by atoms with Crippen LogP contribution in [0.15, 0.2) is 42.5 Å². The predicted molar refractivity (Wildman–Crippen MR) is 113 cm³/mol. The Balaban J connectivity index is 1.79. The van der Waals surface area contributed by atoms with E-state index in [0.717, 1.165) is 11.3 Å². The Morgan fingerprint density at radius 2 is 1.93 bits per heavy atom. The van der Waals surface area contributed by atoms with E-state index in [-0.39, 0.29) is 30.8 Å². The fourth-order valence-corrected chi connectivity index (χ4v) is 3.70. The lowest BCUT2D eigenvalue weighted by Gasteiger charge is -2.30. The van der Waals surface area contributed by atoms with Gasteiger partial charge < -0.3 is 19.7 Å². The van der Waals surface area contributed by atoms with Gasteiger partial charge in [0.05, 0.1) is 32.1 Å². The molecule has 1 heterocycles. The van der Waals surface area contributed by atoms with Gasteiger partial charge in [0.1, 0.15) is 0 Å². The van der Waals surface area contributed by atoms with Gasteiger partial charge in [0.25, 0.3) is 0 Å². The minimum Gasteiger partial charge on any atom is -0.493 e. The van der Waals surface area contributed by atoms with E-state index >= 15 is 0 Å². The van der Waals surface area contributed by atoms with E-state index in [4.69, 9.17) is 9.47 Å². The highest BCUT2D eigenvalue weighted by Gasteiger charge is 2.30. The monoisotopic (exact) mass is 397 g/mol. The van der Waals surface area contributed by atoms with Crippen LogP contribution >= 0.6 is 0 Å². The third-order valence-corrected chi connectivity index (χ3v) is 4.96. The summed E-state index contributed by atoms with van der Waals surface area (Å²) < 4.78 is 10.8. The molecule has 7 heteroatoms. The number of hydrogen-bond donors (Lipinski definition) is 1. The molecule has 0 fully saturated rings. The number of anilines is 2. The van der Waals surface area contributed by atoms with Gasteiger partial charge in [0, 0.05) is 24.6 Å². The van der Waals surface area contributed by atoms with Crippen molar-refractivity contribution in [3.63, 3.8) is 0 Å². The lowest BCUT2D eigenvalue weighted by atomic mass is 10.1. The Kier molecular flexibility index (Phi) is 6.39. The third kappa shape index (κ3) is 4.51. The Labute approximate surface area is 171 Å². The number of fused-ring (bicyclic) bond motifs is 1. The molecule has 1 aliphatic rings. The number of nitrogens with zero attached hydrogens (tertiary/aromatic N) is 2. The number of rotatable bonds is 6. The Morgan fingerprint density at radius 3 is 2.66 bits per heavy atom. The molecular weight excluding hydrogens is 370 g/mol. The van der Waals surface area contributed by atoms with Crippen LogP contribution < -0.4 is 19.7 Å². The number of methoxy groups -OCH3 is 2. The van der Waals surface area contributed by atoms with Crippen LogP contribution in [-0.2, 0) is 16.1 Å². The van der Waals surface area contributed by atoms with Crippen LogP contribution in [0.5, 0.6) is 11.5 Å². The van der Waals surface area contributed by atoms with E-state index in [2.05, 4.69) is 5.32 Å². The third-order valence-electron chi connectivity index (χ3n) is 4.96. The molecule has 0 aliphatic carbocycles. The van der Waals surface area contributed by atoms with Gasteiger partial charge in [-0.25, -0.2) is 0 Å². The zero-order valence-electron chi connectivity index (χ0n) is 17.3. The van der Waals surface area contributed by atoms with E-state index in [1.807, 2.05) is 61.3 Å². The van der Waals surface area contributed by atoms with Crippen LogP contribution in [0.25, 0.3) is 0 Å². The van der Waals surface area contributed by atoms with Crippen molar-refractivity contribution in [3.05, 3.63) is 48.0 Å². The molecule has 2 aromatic rings. The molecule has 0 radical (unpaired) electrons. The van der Waals surface area contributed by atoms with Crippen molar-refractivity contribution in [2.45, 2.75) is 25.9 Å². The van der Waals surface area contributed by atoms with Crippen LogP contribution in [0.1, 0.15) is 18.9 Å². The maximum atomic E-state index is 13.2. The highest BCUT2D eigenvalue weighted by atomic mass is 16.5. The van der Waals surface area contributed by atoms with Gasteiger partial charge in [-0.15, -0.1) is 0 Å². The first-order valence-corrected chi connectivity index (χ1v) is 9.54. The number of likely N-dealkylation sites (N-methyl/N-ethyl adjacent to an activating group) is 1. The van der Waals surface area contributed by atoms with Crippen LogP contribution in [0.2, 0.25) is 0 Å². The molecular formula is C22H27N3O4. The molecule has 0 unspecified atom stereocenters. The summed E-state index contributed by atoms with van der Waals surface area (Å²) in [7, 11) is 5.09. The first-order chi connectivity index (χ1) is 13.9. The van der Waals surface area contributed by atoms with E-state index in [1.165, 1.54) is 0 Å². The fraction of sp³-hybridized carbons (Fsp3) is 0.364. The molecule has 0 bridgehead atoms. The molecule has 2 aromatic carbocycles. The quantitative estimate of drug-likeness (QED) is 0.812. The summed E-state index contributed by atoms with van der Waals surface area (Å²) in [5.74, 6) is 1.17. The molecule has 1 aliphatic heterocycles. The second-order valence-corrected chi connectivity index (χ2v) is 7.21. The molecule has 0 aromatic heterocycles. The second-order valence-electron chi connectivity index (χ2n) is 7.21. The van der Waals surface area contributed by atoms with Gasteiger partial charge in [-0.05, 0) is 32.2 Å². The predicted octanol–water partition coefficient (Wildman–Crippen LogP) is 2.90. The number of carbonyl (C=O) groups excluding carboxylic acids is 2. The van der Waals surface area contributed by atoms with E-state index < -0.39 is 0 Å². The van der Waals surface area contributed by atoms with Gasteiger partial charge in [-0.3, -0.25) is 14.5 Å². The van der Waals surface area contributed by atoms with Crippen LogP contribution in [-0.4, -0.2) is 50.6 Å². The number of benzene rings is 2. The van der Waals surface area contributed by atoms with E-state index in [9.17, 15) is 9.59 Å². The van der Waals surface area contributed by atoms with Crippen LogP contribution in [0.4, 0.5) is 11.4 Å². The summed E-state index contributed by atoms with van der Waals surface area (Å²) in [5.41, 5.74) is 2.32.